The molecular formula is C22H19FN2O6S. The first kappa shape index (κ1) is 23.0. The summed E-state index contributed by atoms with van der Waals surface area (Å²) in [5.41, 5.74) is 1.21. The van der Waals surface area contributed by atoms with Gasteiger partial charge in [0.1, 0.15) is 5.82 Å². The second kappa shape index (κ2) is 9.25. The molecule has 32 heavy (non-hydrogen) atoms. The first-order valence-electron chi connectivity index (χ1n) is 9.38. The van der Waals surface area contributed by atoms with Crippen molar-refractivity contribution in [2.75, 3.05) is 7.11 Å². The first-order valence-corrected chi connectivity index (χ1v) is 10.9. The number of methoxy groups -OCH3 is 1. The molecule has 1 N–H and O–H groups in total. The lowest BCUT2D eigenvalue weighted by Gasteiger charge is -2.19. The molecular weight excluding hydrogens is 439 g/mol. The van der Waals surface area contributed by atoms with Gasteiger partial charge in [-0.25, -0.2) is 22.3 Å². The minimum absolute atomic E-state index is 0.115. The normalized spacial score (nSPS) is 12.2. The summed E-state index contributed by atoms with van der Waals surface area (Å²) < 4.78 is 47.4. The summed E-state index contributed by atoms with van der Waals surface area (Å²) in [5, 5.41) is 10.8. The summed E-state index contributed by atoms with van der Waals surface area (Å²) in [6.45, 7) is 1.49. The summed E-state index contributed by atoms with van der Waals surface area (Å²) >= 11 is 0. The van der Waals surface area contributed by atoms with Crippen LogP contribution in [-0.4, -0.2) is 26.4 Å². The number of non-ortho nitro benzene ring substituents is 1. The van der Waals surface area contributed by atoms with Gasteiger partial charge in [-0.15, -0.1) is 0 Å². The zero-order chi connectivity index (χ0) is 23.5. The number of nitro benzene ring substituents is 1. The Morgan fingerprint density at radius 2 is 1.69 bits per heavy atom. The Balaban J connectivity index is 1.94. The minimum atomic E-state index is -4.09. The van der Waals surface area contributed by atoms with Gasteiger partial charge < -0.3 is 4.74 Å². The summed E-state index contributed by atoms with van der Waals surface area (Å²) in [4.78, 5) is 21.6. The number of rotatable bonds is 7. The zero-order valence-electron chi connectivity index (χ0n) is 17.1. The average Bonchev–Trinajstić information content (AvgIpc) is 2.78. The van der Waals surface area contributed by atoms with Crippen LogP contribution in [-0.2, 0) is 14.8 Å². The highest BCUT2D eigenvalue weighted by atomic mass is 32.2. The lowest BCUT2D eigenvalue weighted by atomic mass is 9.95. The molecule has 3 aromatic carbocycles. The minimum Gasteiger partial charge on any atom is -0.465 e. The Kier molecular flexibility index (Phi) is 6.66. The van der Waals surface area contributed by atoms with Crippen molar-refractivity contribution in [1.29, 1.82) is 0 Å². The number of hydrogen-bond donors (Lipinski definition) is 1. The molecule has 0 aromatic heterocycles. The summed E-state index contributed by atoms with van der Waals surface area (Å²) in [6, 6.07) is 14.1. The second-order valence-corrected chi connectivity index (χ2v) is 8.58. The van der Waals surface area contributed by atoms with E-state index in [4.69, 9.17) is 0 Å². The molecule has 0 radical (unpaired) electrons. The number of hydrogen-bond acceptors (Lipinski definition) is 6. The average molecular weight is 458 g/mol. The van der Waals surface area contributed by atoms with E-state index in [-0.39, 0.29) is 16.1 Å². The topological polar surface area (TPSA) is 116 Å². The molecule has 0 saturated heterocycles. The van der Waals surface area contributed by atoms with Gasteiger partial charge in [0.2, 0.25) is 10.0 Å². The van der Waals surface area contributed by atoms with E-state index in [2.05, 4.69) is 9.46 Å². The molecule has 166 valence electrons. The van der Waals surface area contributed by atoms with E-state index in [0.717, 1.165) is 24.3 Å². The molecule has 8 nitrogen and oxygen atoms in total. The van der Waals surface area contributed by atoms with Gasteiger partial charge in [-0.1, -0.05) is 24.3 Å². The van der Waals surface area contributed by atoms with E-state index in [9.17, 15) is 27.7 Å². The van der Waals surface area contributed by atoms with Gasteiger partial charge in [-0.3, -0.25) is 10.1 Å². The number of sulfonamides is 1. The van der Waals surface area contributed by atoms with Crippen LogP contribution in [0.25, 0.3) is 11.1 Å². The SMILES string of the molecule is COC(=O)c1ccc(-c2cccc(F)c2[C@@H](C)NS(=O)(=O)c2ccc([N+](=O)[O-])cc2)cc1. The molecule has 0 bridgehead atoms. The highest BCUT2D eigenvalue weighted by Crippen LogP contribution is 2.32. The van der Waals surface area contributed by atoms with Crippen molar-refractivity contribution in [2.24, 2.45) is 0 Å². The molecule has 0 heterocycles. The van der Waals surface area contributed by atoms with Gasteiger partial charge >= 0.3 is 5.97 Å². The van der Waals surface area contributed by atoms with Crippen molar-refractivity contribution in [3.05, 3.63) is 93.8 Å². The first-order chi connectivity index (χ1) is 15.1. The smallest absolute Gasteiger partial charge is 0.337 e. The molecule has 0 saturated carbocycles. The van der Waals surface area contributed by atoms with Crippen LogP contribution >= 0.6 is 0 Å². The Morgan fingerprint density at radius 1 is 1.06 bits per heavy atom. The lowest BCUT2D eigenvalue weighted by molar-refractivity contribution is -0.384. The Bertz CT molecular complexity index is 1260. The van der Waals surface area contributed by atoms with Gasteiger partial charge in [-0.2, -0.15) is 0 Å². The zero-order valence-corrected chi connectivity index (χ0v) is 17.9. The Morgan fingerprint density at radius 3 is 2.25 bits per heavy atom. The van der Waals surface area contributed by atoms with E-state index < -0.39 is 32.8 Å². The van der Waals surface area contributed by atoms with Crippen molar-refractivity contribution in [1.82, 2.24) is 4.72 Å². The van der Waals surface area contributed by atoms with Crippen LogP contribution in [0.5, 0.6) is 0 Å². The van der Waals surface area contributed by atoms with Gasteiger partial charge in [-0.05, 0) is 48.4 Å². The number of nitrogens with one attached hydrogen (secondary N) is 1. The van der Waals surface area contributed by atoms with E-state index >= 15 is 0 Å². The third kappa shape index (κ3) is 4.82. The highest BCUT2D eigenvalue weighted by Gasteiger charge is 2.24. The van der Waals surface area contributed by atoms with E-state index in [0.29, 0.717) is 16.7 Å². The van der Waals surface area contributed by atoms with E-state index in [1.807, 2.05) is 0 Å². The molecule has 0 spiro atoms. The van der Waals surface area contributed by atoms with Crippen LogP contribution < -0.4 is 4.72 Å². The predicted octanol–water partition coefficient (Wildman–Crippen LogP) is 4.23. The van der Waals surface area contributed by atoms with Crippen molar-refractivity contribution in [3.63, 3.8) is 0 Å². The maximum atomic E-state index is 14.8. The Labute approximate surface area is 183 Å². The van der Waals surface area contributed by atoms with Gasteiger partial charge in [0.25, 0.3) is 5.69 Å². The van der Waals surface area contributed by atoms with Crippen LogP contribution in [0.2, 0.25) is 0 Å². The fourth-order valence-electron chi connectivity index (χ4n) is 3.24. The van der Waals surface area contributed by atoms with E-state index in [1.54, 1.807) is 18.2 Å². The van der Waals surface area contributed by atoms with Crippen molar-refractivity contribution < 1.29 is 27.3 Å². The standard InChI is InChI=1S/C22H19FN2O6S/c1-14(24-32(29,30)18-12-10-17(11-13-18)25(27)28)21-19(4-3-5-20(21)23)15-6-8-16(9-7-15)22(26)31-2/h3-14,24H,1-2H3/t14-/m1/s1. The van der Waals surface area contributed by atoms with Crippen LogP contribution in [0, 0.1) is 15.9 Å². The number of nitrogens with zero attached hydrogens (tertiary/aromatic N) is 1. The molecule has 0 amide bonds. The number of carbonyl (C=O) groups excluding carboxylic acids is 1. The molecule has 3 rings (SSSR count). The van der Waals surface area contributed by atoms with Crippen LogP contribution in [0.15, 0.2) is 71.6 Å². The Hall–Kier alpha value is -3.63. The predicted molar refractivity (Wildman–Crippen MR) is 115 cm³/mol. The number of nitro groups is 1. The third-order valence-corrected chi connectivity index (χ3v) is 6.35. The maximum Gasteiger partial charge on any atom is 0.337 e. The highest BCUT2D eigenvalue weighted by molar-refractivity contribution is 7.89. The maximum absolute atomic E-state index is 14.8. The van der Waals surface area contributed by atoms with Crippen molar-refractivity contribution >= 4 is 21.7 Å². The number of halogens is 1. The fourth-order valence-corrected chi connectivity index (χ4v) is 4.45. The number of carbonyl (C=O) groups is 1. The third-order valence-electron chi connectivity index (χ3n) is 4.79. The van der Waals surface area contributed by atoms with Crippen molar-refractivity contribution in [2.45, 2.75) is 17.9 Å². The molecule has 0 unspecified atom stereocenters. The molecule has 1 atom stereocenters. The van der Waals surface area contributed by atoms with Crippen LogP contribution in [0.4, 0.5) is 10.1 Å². The summed E-state index contributed by atoms with van der Waals surface area (Å²) in [7, 11) is -2.82. The molecule has 3 aromatic rings. The molecule has 0 aliphatic heterocycles. The van der Waals surface area contributed by atoms with Crippen molar-refractivity contribution in [3.8, 4) is 11.1 Å². The monoisotopic (exact) mass is 458 g/mol. The summed E-state index contributed by atoms with van der Waals surface area (Å²) in [6.07, 6.45) is 0. The molecule has 0 aliphatic carbocycles. The van der Waals surface area contributed by atoms with Crippen LogP contribution in [0.1, 0.15) is 28.9 Å². The largest absolute Gasteiger partial charge is 0.465 e. The number of benzene rings is 3. The summed E-state index contributed by atoms with van der Waals surface area (Å²) in [5.74, 6) is -1.13. The van der Waals surface area contributed by atoms with Gasteiger partial charge in [0.15, 0.2) is 0 Å². The number of ether oxygens (including phenoxy) is 1. The quantitative estimate of drug-likeness (QED) is 0.322. The van der Waals surface area contributed by atoms with E-state index in [1.165, 1.54) is 38.3 Å². The molecule has 0 aliphatic rings. The fraction of sp³-hybridized carbons (Fsp3) is 0.136. The van der Waals surface area contributed by atoms with Crippen LogP contribution in [0.3, 0.4) is 0 Å². The van der Waals surface area contributed by atoms with Gasteiger partial charge in [0.05, 0.1) is 22.5 Å². The molecule has 10 heteroatoms. The van der Waals surface area contributed by atoms with Gasteiger partial charge in [0, 0.05) is 23.7 Å². The number of esters is 1. The second-order valence-electron chi connectivity index (χ2n) is 6.86. The molecule has 0 fully saturated rings. The lowest BCUT2D eigenvalue weighted by Crippen LogP contribution is -2.28.